The molecule has 0 aliphatic carbocycles. The third-order valence-corrected chi connectivity index (χ3v) is 4.46. The second-order valence-corrected chi connectivity index (χ2v) is 6.35. The summed E-state index contributed by atoms with van der Waals surface area (Å²) in [5.74, 6) is 0.703. The fourth-order valence-electron chi connectivity index (χ4n) is 2.73. The Morgan fingerprint density at radius 3 is 2.86 bits per heavy atom. The van der Waals surface area contributed by atoms with Crippen LogP contribution in [0.25, 0.3) is 22.4 Å². The topological polar surface area (TPSA) is 87.6 Å². The molecule has 0 atom stereocenters. The highest BCUT2D eigenvalue weighted by atomic mass is 35.5. The SMILES string of the molecule is COc1ccc2c(CC(=O)OCc3nnc(-c4ccccc4Cl)o3)coc2c1. The Balaban J connectivity index is 1.40. The number of rotatable bonds is 6. The van der Waals surface area contributed by atoms with E-state index in [1.807, 2.05) is 12.1 Å². The van der Waals surface area contributed by atoms with Gasteiger partial charge in [0.25, 0.3) is 5.89 Å². The average molecular weight is 399 g/mol. The first-order chi connectivity index (χ1) is 13.6. The van der Waals surface area contributed by atoms with Crippen molar-refractivity contribution in [3.8, 4) is 17.2 Å². The molecule has 7 nitrogen and oxygen atoms in total. The lowest BCUT2D eigenvalue weighted by atomic mass is 10.1. The second-order valence-electron chi connectivity index (χ2n) is 5.94. The second kappa shape index (κ2) is 7.74. The highest BCUT2D eigenvalue weighted by Crippen LogP contribution is 2.27. The van der Waals surface area contributed by atoms with Crippen LogP contribution in [0.4, 0.5) is 0 Å². The molecule has 142 valence electrons. The monoisotopic (exact) mass is 398 g/mol. The van der Waals surface area contributed by atoms with Crippen molar-refractivity contribution in [1.29, 1.82) is 0 Å². The quantitative estimate of drug-likeness (QED) is 0.444. The molecule has 0 saturated heterocycles. The Morgan fingerprint density at radius 1 is 1.18 bits per heavy atom. The first-order valence-corrected chi connectivity index (χ1v) is 8.79. The van der Waals surface area contributed by atoms with E-state index in [-0.39, 0.29) is 24.8 Å². The molecule has 28 heavy (non-hydrogen) atoms. The number of methoxy groups -OCH3 is 1. The summed E-state index contributed by atoms with van der Waals surface area (Å²) >= 11 is 6.11. The van der Waals surface area contributed by atoms with Crippen LogP contribution >= 0.6 is 11.6 Å². The summed E-state index contributed by atoms with van der Waals surface area (Å²) in [6.07, 6.45) is 1.60. The summed E-state index contributed by atoms with van der Waals surface area (Å²) in [5, 5.41) is 9.15. The van der Waals surface area contributed by atoms with Gasteiger partial charge in [0.1, 0.15) is 11.3 Å². The molecule has 8 heteroatoms. The summed E-state index contributed by atoms with van der Waals surface area (Å²) in [5.41, 5.74) is 1.99. The molecule has 2 heterocycles. The van der Waals surface area contributed by atoms with Gasteiger partial charge in [-0.1, -0.05) is 23.7 Å². The number of benzene rings is 2. The van der Waals surface area contributed by atoms with Crippen LogP contribution in [0, 0.1) is 0 Å². The number of furan rings is 1. The fourth-order valence-corrected chi connectivity index (χ4v) is 2.95. The number of carbonyl (C=O) groups excluding carboxylic acids is 1. The Bertz CT molecular complexity index is 1130. The van der Waals surface area contributed by atoms with Gasteiger partial charge in [-0.25, -0.2) is 0 Å². The van der Waals surface area contributed by atoms with Crippen LogP contribution in [-0.2, 0) is 22.6 Å². The first-order valence-electron chi connectivity index (χ1n) is 8.41. The van der Waals surface area contributed by atoms with E-state index in [1.54, 1.807) is 37.4 Å². The van der Waals surface area contributed by atoms with Crippen molar-refractivity contribution in [2.24, 2.45) is 0 Å². The molecule has 2 aromatic carbocycles. The number of ether oxygens (including phenoxy) is 2. The molecule has 0 aliphatic heterocycles. The van der Waals surface area contributed by atoms with E-state index < -0.39 is 5.97 Å². The lowest BCUT2D eigenvalue weighted by molar-refractivity contribution is -0.144. The lowest BCUT2D eigenvalue weighted by Gasteiger charge is -2.02. The average Bonchev–Trinajstić information content (AvgIpc) is 3.33. The van der Waals surface area contributed by atoms with E-state index in [9.17, 15) is 4.79 Å². The van der Waals surface area contributed by atoms with Crippen LogP contribution in [0.1, 0.15) is 11.5 Å². The van der Waals surface area contributed by atoms with Gasteiger partial charge in [0.05, 0.1) is 30.4 Å². The van der Waals surface area contributed by atoms with Crippen LogP contribution in [0.5, 0.6) is 5.75 Å². The van der Waals surface area contributed by atoms with Gasteiger partial charge in [0.15, 0.2) is 6.61 Å². The minimum Gasteiger partial charge on any atom is -0.497 e. The molecule has 2 aromatic heterocycles. The molecule has 0 aliphatic rings. The fraction of sp³-hybridized carbons (Fsp3) is 0.150. The van der Waals surface area contributed by atoms with Gasteiger partial charge >= 0.3 is 5.97 Å². The molecule has 0 fully saturated rings. The van der Waals surface area contributed by atoms with Crippen LogP contribution in [0.3, 0.4) is 0 Å². The van der Waals surface area contributed by atoms with Crippen LogP contribution in [-0.4, -0.2) is 23.3 Å². The van der Waals surface area contributed by atoms with E-state index in [1.165, 1.54) is 6.26 Å². The molecular weight excluding hydrogens is 384 g/mol. The van der Waals surface area contributed by atoms with Crippen LogP contribution < -0.4 is 4.74 Å². The maximum atomic E-state index is 12.2. The Kier molecular flexibility index (Phi) is 4.99. The number of hydrogen-bond donors (Lipinski definition) is 0. The van der Waals surface area contributed by atoms with Gasteiger partial charge in [0.2, 0.25) is 5.89 Å². The van der Waals surface area contributed by atoms with Crippen LogP contribution in [0.2, 0.25) is 5.02 Å². The zero-order valence-electron chi connectivity index (χ0n) is 14.8. The molecule has 0 unspecified atom stereocenters. The molecule has 0 radical (unpaired) electrons. The third kappa shape index (κ3) is 3.70. The van der Waals surface area contributed by atoms with Crippen molar-refractivity contribution >= 4 is 28.5 Å². The molecule has 0 saturated carbocycles. The summed E-state index contributed by atoms with van der Waals surface area (Å²) in [6.45, 7) is -0.125. The zero-order chi connectivity index (χ0) is 19.5. The van der Waals surface area contributed by atoms with E-state index in [0.717, 1.165) is 10.9 Å². The van der Waals surface area contributed by atoms with E-state index >= 15 is 0 Å². The predicted molar refractivity (Wildman–Crippen MR) is 101 cm³/mol. The smallest absolute Gasteiger partial charge is 0.310 e. The van der Waals surface area contributed by atoms with Crippen molar-refractivity contribution in [3.63, 3.8) is 0 Å². The minimum absolute atomic E-state index is 0.0604. The molecule has 0 spiro atoms. The molecule has 0 N–H and O–H groups in total. The highest BCUT2D eigenvalue weighted by molar-refractivity contribution is 6.33. The number of carbonyl (C=O) groups is 1. The van der Waals surface area contributed by atoms with E-state index in [0.29, 0.717) is 21.9 Å². The van der Waals surface area contributed by atoms with Gasteiger partial charge < -0.3 is 18.3 Å². The van der Waals surface area contributed by atoms with Crippen molar-refractivity contribution in [2.75, 3.05) is 7.11 Å². The molecule has 4 rings (SSSR count). The zero-order valence-corrected chi connectivity index (χ0v) is 15.6. The normalized spacial score (nSPS) is 10.9. The van der Waals surface area contributed by atoms with Crippen molar-refractivity contribution in [2.45, 2.75) is 13.0 Å². The summed E-state index contributed by atoms with van der Waals surface area (Å²) in [7, 11) is 1.58. The molecule has 4 aromatic rings. The number of hydrogen-bond acceptors (Lipinski definition) is 7. The summed E-state index contributed by atoms with van der Waals surface area (Å²) < 4.78 is 21.4. The maximum absolute atomic E-state index is 12.2. The van der Waals surface area contributed by atoms with Crippen molar-refractivity contribution < 1.29 is 23.1 Å². The number of aromatic nitrogens is 2. The largest absolute Gasteiger partial charge is 0.497 e. The number of halogens is 1. The van der Waals surface area contributed by atoms with Gasteiger partial charge in [0, 0.05) is 17.0 Å². The lowest BCUT2D eigenvalue weighted by Crippen LogP contribution is -2.07. The van der Waals surface area contributed by atoms with Crippen molar-refractivity contribution in [1.82, 2.24) is 10.2 Å². The van der Waals surface area contributed by atoms with Gasteiger partial charge in [-0.2, -0.15) is 0 Å². The molecule has 0 bridgehead atoms. The standard InChI is InChI=1S/C20H15ClN2O5/c1-25-13-6-7-14-12(10-26-17(14)9-13)8-19(24)27-11-18-22-23-20(28-18)15-4-2-3-5-16(15)21/h2-7,9-10H,8,11H2,1H3. The number of nitrogens with zero attached hydrogens (tertiary/aromatic N) is 2. The van der Waals surface area contributed by atoms with E-state index in [4.69, 9.17) is 29.9 Å². The highest BCUT2D eigenvalue weighted by Gasteiger charge is 2.15. The van der Waals surface area contributed by atoms with Gasteiger partial charge in [-0.05, 0) is 24.3 Å². The van der Waals surface area contributed by atoms with Gasteiger partial charge in [-0.3, -0.25) is 4.79 Å². The Morgan fingerprint density at radius 2 is 2.04 bits per heavy atom. The van der Waals surface area contributed by atoms with E-state index in [2.05, 4.69) is 10.2 Å². The van der Waals surface area contributed by atoms with Gasteiger partial charge in [-0.15, -0.1) is 10.2 Å². The number of esters is 1. The summed E-state index contributed by atoms with van der Waals surface area (Å²) in [6, 6.07) is 12.5. The summed E-state index contributed by atoms with van der Waals surface area (Å²) in [4.78, 5) is 12.2. The number of fused-ring (bicyclic) bond motifs is 1. The molecular formula is C20H15ClN2O5. The van der Waals surface area contributed by atoms with Crippen molar-refractivity contribution in [3.05, 3.63) is 65.2 Å². The maximum Gasteiger partial charge on any atom is 0.310 e. The predicted octanol–water partition coefficient (Wildman–Crippen LogP) is 4.43. The molecule has 0 amide bonds. The minimum atomic E-state index is -0.434. The first kappa shape index (κ1) is 18.1. The van der Waals surface area contributed by atoms with Crippen LogP contribution in [0.15, 0.2) is 57.6 Å². The Labute approximate surface area is 164 Å². The third-order valence-electron chi connectivity index (χ3n) is 4.13. The Hall–Kier alpha value is -3.32.